The van der Waals surface area contributed by atoms with E-state index in [1.807, 2.05) is 0 Å². The van der Waals surface area contributed by atoms with Crippen molar-refractivity contribution in [2.24, 2.45) is 7.05 Å². The van der Waals surface area contributed by atoms with Crippen molar-refractivity contribution in [2.75, 3.05) is 11.9 Å². The second-order valence-corrected chi connectivity index (χ2v) is 6.33. The van der Waals surface area contributed by atoms with Crippen LogP contribution in [0, 0.1) is 6.92 Å². The van der Waals surface area contributed by atoms with E-state index < -0.39 is 15.9 Å². The Hall–Kier alpha value is -2.19. The monoisotopic (exact) mass is 308 g/mol. The fourth-order valence-electron chi connectivity index (χ4n) is 1.70. The number of benzene rings is 1. The van der Waals surface area contributed by atoms with Crippen molar-refractivity contribution in [3.8, 4) is 0 Å². The number of anilines is 1. The number of sulfonamides is 1. The summed E-state index contributed by atoms with van der Waals surface area (Å²) < 4.78 is 27.9. The molecule has 1 amide bonds. The van der Waals surface area contributed by atoms with Crippen molar-refractivity contribution in [3.63, 3.8) is 0 Å². The Morgan fingerprint density at radius 2 is 2.10 bits per heavy atom. The zero-order valence-electron chi connectivity index (χ0n) is 11.7. The van der Waals surface area contributed by atoms with Gasteiger partial charge in [0, 0.05) is 19.3 Å². The van der Waals surface area contributed by atoms with Gasteiger partial charge in [-0.2, -0.15) is 5.10 Å². The molecule has 0 aliphatic carbocycles. The molecule has 0 atom stereocenters. The molecule has 0 saturated carbocycles. The van der Waals surface area contributed by atoms with Crippen LogP contribution in [0.15, 0.2) is 41.4 Å². The third-order valence-electron chi connectivity index (χ3n) is 2.70. The molecule has 1 aromatic carbocycles. The molecule has 0 fully saturated rings. The quantitative estimate of drug-likeness (QED) is 0.848. The lowest BCUT2D eigenvalue weighted by Crippen LogP contribution is -2.33. The van der Waals surface area contributed by atoms with Gasteiger partial charge in [0.15, 0.2) is 5.82 Å². The number of nitrogens with one attached hydrogen (secondary N) is 2. The van der Waals surface area contributed by atoms with Crippen LogP contribution in [0.25, 0.3) is 0 Å². The summed E-state index contributed by atoms with van der Waals surface area (Å²) in [6.07, 6.45) is 1.67. The second kappa shape index (κ2) is 6.06. The second-order valence-electron chi connectivity index (χ2n) is 4.56. The molecule has 2 N–H and O–H groups in total. The maximum atomic E-state index is 12.0. The zero-order valence-corrected chi connectivity index (χ0v) is 12.5. The highest BCUT2D eigenvalue weighted by Crippen LogP contribution is 2.10. The largest absolute Gasteiger partial charge is 0.308 e. The van der Waals surface area contributed by atoms with Crippen LogP contribution in [0.3, 0.4) is 0 Å². The molecule has 21 heavy (non-hydrogen) atoms. The molecule has 112 valence electrons. The minimum atomic E-state index is -3.70. The number of aromatic nitrogens is 2. The van der Waals surface area contributed by atoms with E-state index in [1.165, 1.54) is 10.7 Å². The number of hydrogen-bond acceptors (Lipinski definition) is 4. The summed E-state index contributed by atoms with van der Waals surface area (Å²) in [5, 5.41) is 6.47. The highest BCUT2D eigenvalue weighted by Gasteiger charge is 2.15. The molecule has 0 aliphatic rings. The number of hydrogen-bond donors (Lipinski definition) is 2. The fraction of sp³-hybridized carbons (Fsp3) is 0.231. The lowest BCUT2D eigenvalue weighted by molar-refractivity contribution is -0.115. The van der Waals surface area contributed by atoms with Crippen molar-refractivity contribution in [2.45, 2.75) is 11.8 Å². The molecular formula is C13H16N4O3S. The molecule has 0 radical (unpaired) electrons. The van der Waals surface area contributed by atoms with E-state index in [1.54, 1.807) is 44.4 Å². The maximum absolute atomic E-state index is 12.0. The molecule has 2 aromatic rings. The lowest BCUT2D eigenvalue weighted by atomic mass is 10.2. The maximum Gasteiger partial charge on any atom is 0.241 e. The first-order valence-electron chi connectivity index (χ1n) is 6.23. The number of nitrogens with zero attached hydrogens (tertiary/aromatic N) is 2. The zero-order chi connectivity index (χ0) is 15.5. The van der Waals surface area contributed by atoms with Gasteiger partial charge in [0.05, 0.1) is 11.4 Å². The normalized spacial score (nSPS) is 11.3. The Labute approximate surface area is 123 Å². The summed E-state index contributed by atoms with van der Waals surface area (Å²) in [7, 11) is -1.98. The smallest absolute Gasteiger partial charge is 0.241 e. The standard InChI is InChI=1S/C13H16N4O3S/c1-10-4-3-5-11(8-10)21(19,20)14-9-13(18)15-12-6-7-17(2)16-12/h3-8,14H,9H2,1-2H3,(H,15,16,18). The van der Waals surface area contributed by atoms with Gasteiger partial charge in [0.1, 0.15) is 0 Å². The lowest BCUT2D eigenvalue weighted by Gasteiger charge is -2.07. The first-order chi connectivity index (χ1) is 9.87. The highest BCUT2D eigenvalue weighted by atomic mass is 32.2. The van der Waals surface area contributed by atoms with E-state index in [-0.39, 0.29) is 11.4 Å². The van der Waals surface area contributed by atoms with Crippen LogP contribution in [0.4, 0.5) is 5.82 Å². The van der Waals surface area contributed by atoms with E-state index in [0.717, 1.165) is 5.56 Å². The highest BCUT2D eigenvalue weighted by molar-refractivity contribution is 7.89. The minimum absolute atomic E-state index is 0.133. The SMILES string of the molecule is Cc1cccc(S(=O)(=O)NCC(=O)Nc2ccn(C)n2)c1. The predicted molar refractivity (Wildman–Crippen MR) is 78.2 cm³/mol. The van der Waals surface area contributed by atoms with Crippen molar-refractivity contribution in [1.82, 2.24) is 14.5 Å². The van der Waals surface area contributed by atoms with Gasteiger partial charge in [-0.1, -0.05) is 12.1 Å². The Kier molecular flexibility index (Phi) is 4.39. The third-order valence-corrected chi connectivity index (χ3v) is 4.10. The fourth-order valence-corrected chi connectivity index (χ4v) is 2.78. The molecule has 1 heterocycles. The van der Waals surface area contributed by atoms with Crippen LogP contribution in [0.5, 0.6) is 0 Å². The number of amides is 1. The summed E-state index contributed by atoms with van der Waals surface area (Å²) in [4.78, 5) is 11.8. The first-order valence-corrected chi connectivity index (χ1v) is 7.71. The Balaban J connectivity index is 1.97. The van der Waals surface area contributed by atoms with Crippen LogP contribution in [-0.4, -0.2) is 30.7 Å². The first kappa shape index (κ1) is 15.2. The van der Waals surface area contributed by atoms with Gasteiger partial charge < -0.3 is 5.32 Å². The average Bonchev–Trinajstić information content (AvgIpc) is 2.82. The van der Waals surface area contributed by atoms with E-state index in [0.29, 0.717) is 5.82 Å². The van der Waals surface area contributed by atoms with E-state index in [2.05, 4.69) is 15.1 Å². The van der Waals surface area contributed by atoms with Gasteiger partial charge in [-0.25, -0.2) is 13.1 Å². The van der Waals surface area contributed by atoms with Crippen molar-refractivity contribution < 1.29 is 13.2 Å². The molecule has 0 aliphatic heterocycles. The van der Waals surface area contributed by atoms with Gasteiger partial charge in [-0.15, -0.1) is 0 Å². The molecular weight excluding hydrogens is 292 g/mol. The summed E-state index contributed by atoms with van der Waals surface area (Å²) >= 11 is 0. The molecule has 1 aromatic heterocycles. The number of aryl methyl sites for hydroxylation is 2. The number of carbonyl (C=O) groups excluding carboxylic acids is 1. The van der Waals surface area contributed by atoms with Gasteiger partial charge in [-0.05, 0) is 24.6 Å². The van der Waals surface area contributed by atoms with Crippen LogP contribution >= 0.6 is 0 Å². The summed E-state index contributed by atoms with van der Waals surface area (Å²) in [5.74, 6) is -0.109. The van der Waals surface area contributed by atoms with Crippen molar-refractivity contribution in [1.29, 1.82) is 0 Å². The molecule has 0 spiro atoms. The van der Waals surface area contributed by atoms with Gasteiger partial charge in [0.2, 0.25) is 15.9 Å². The van der Waals surface area contributed by atoms with Gasteiger partial charge in [0.25, 0.3) is 0 Å². The Morgan fingerprint density at radius 1 is 1.33 bits per heavy atom. The average molecular weight is 308 g/mol. The Morgan fingerprint density at radius 3 is 2.71 bits per heavy atom. The molecule has 7 nitrogen and oxygen atoms in total. The molecule has 8 heteroatoms. The summed E-state index contributed by atoms with van der Waals surface area (Å²) in [5.41, 5.74) is 0.829. The summed E-state index contributed by atoms with van der Waals surface area (Å²) in [6, 6.07) is 8.09. The van der Waals surface area contributed by atoms with Gasteiger partial charge in [-0.3, -0.25) is 9.48 Å². The van der Waals surface area contributed by atoms with Crippen LogP contribution < -0.4 is 10.0 Å². The molecule has 0 bridgehead atoms. The van der Waals surface area contributed by atoms with Crippen LogP contribution in [0.2, 0.25) is 0 Å². The van der Waals surface area contributed by atoms with E-state index in [9.17, 15) is 13.2 Å². The Bertz CT molecular complexity index is 752. The topological polar surface area (TPSA) is 93.1 Å². The number of carbonyl (C=O) groups is 1. The minimum Gasteiger partial charge on any atom is -0.308 e. The molecule has 0 unspecified atom stereocenters. The van der Waals surface area contributed by atoms with Crippen LogP contribution in [0.1, 0.15) is 5.56 Å². The summed E-state index contributed by atoms with van der Waals surface area (Å²) in [6.45, 7) is 1.44. The van der Waals surface area contributed by atoms with E-state index in [4.69, 9.17) is 0 Å². The van der Waals surface area contributed by atoms with Crippen LogP contribution in [-0.2, 0) is 21.9 Å². The number of rotatable bonds is 5. The van der Waals surface area contributed by atoms with Crippen molar-refractivity contribution in [3.05, 3.63) is 42.1 Å². The van der Waals surface area contributed by atoms with Crippen molar-refractivity contribution >= 4 is 21.7 Å². The third kappa shape index (κ3) is 4.14. The molecule has 2 rings (SSSR count). The molecule has 0 saturated heterocycles. The van der Waals surface area contributed by atoms with Gasteiger partial charge >= 0.3 is 0 Å². The van der Waals surface area contributed by atoms with E-state index >= 15 is 0 Å². The predicted octanol–water partition coefficient (Wildman–Crippen LogP) is 0.646.